The molecule has 0 fully saturated rings. The third kappa shape index (κ3) is 6.31. The number of aliphatic hydroxyl groups excluding tert-OH is 1. The SMILES string of the molecule is CCC(=O)N(C)C[C@H]1Oc2ncc(C#Cc3ccc(OC)cc3)cc2C(=O)N([C@H](C)CO)C[C@H]1C. The van der Waals surface area contributed by atoms with Gasteiger partial charge in [-0.15, -0.1) is 0 Å². The topological polar surface area (TPSA) is 92.2 Å². The number of carbonyl (C=O) groups excluding carboxylic acids is 2. The number of benzene rings is 1. The third-order valence-corrected chi connectivity index (χ3v) is 6.14. The van der Waals surface area contributed by atoms with Crippen LogP contribution in [0.4, 0.5) is 0 Å². The van der Waals surface area contributed by atoms with Gasteiger partial charge in [0.1, 0.15) is 17.4 Å². The molecule has 2 amide bonds. The highest BCUT2D eigenvalue weighted by atomic mass is 16.5. The molecule has 3 atom stereocenters. The molecule has 35 heavy (non-hydrogen) atoms. The van der Waals surface area contributed by atoms with E-state index >= 15 is 0 Å². The lowest BCUT2D eigenvalue weighted by Crippen LogP contribution is -2.50. The number of hydrogen-bond acceptors (Lipinski definition) is 6. The predicted molar refractivity (Wildman–Crippen MR) is 132 cm³/mol. The minimum absolute atomic E-state index is 0.0110. The molecule has 0 aliphatic carbocycles. The number of carbonyl (C=O) groups is 2. The number of aromatic nitrogens is 1. The van der Waals surface area contributed by atoms with E-state index < -0.39 is 0 Å². The first-order chi connectivity index (χ1) is 16.8. The summed E-state index contributed by atoms with van der Waals surface area (Å²) in [5.41, 5.74) is 1.65. The summed E-state index contributed by atoms with van der Waals surface area (Å²) < 4.78 is 11.4. The molecule has 1 aliphatic rings. The van der Waals surface area contributed by atoms with E-state index in [4.69, 9.17) is 9.47 Å². The van der Waals surface area contributed by atoms with Crippen molar-refractivity contribution in [3.05, 3.63) is 53.2 Å². The molecule has 2 heterocycles. The molecule has 0 bridgehead atoms. The summed E-state index contributed by atoms with van der Waals surface area (Å²) in [4.78, 5) is 33.4. The molecule has 0 unspecified atom stereocenters. The number of ether oxygens (including phenoxy) is 2. The average molecular weight is 480 g/mol. The Bertz CT molecular complexity index is 1110. The first kappa shape index (κ1) is 26.0. The second-order valence-corrected chi connectivity index (χ2v) is 8.81. The van der Waals surface area contributed by atoms with Crippen LogP contribution in [-0.2, 0) is 4.79 Å². The number of pyridine rings is 1. The average Bonchev–Trinajstić information content (AvgIpc) is 2.88. The normalized spacial score (nSPS) is 18.2. The van der Waals surface area contributed by atoms with Gasteiger partial charge in [0.05, 0.1) is 26.3 Å². The first-order valence-corrected chi connectivity index (χ1v) is 11.8. The largest absolute Gasteiger partial charge is 0.497 e. The van der Waals surface area contributed by atoms with Gasteiger partial charge in [-0.05, 0) is 37.3 Å². The van der Waals surface area contributed by atoms with Crippen molar-refractivity contribution in [3.63, 3.8) is 0 Å². The number of rotatable bonds is 6. The van der Waals surface area contributed by atoms with Gasteiger partial charge in [-0.3, -0.25) is 9.59 Å². The Morgan fingerprint density at radius 3 is 2.63 bits per heavy atom. The predicted octanol–water partition coefficient (Wildman–Crippen LogP) is 2.58. The van der Waals surface area contributed by atoms with E-state index in [0.29, 0.717) is 25.1 Å². The Morgan fingerprint density at radius 2 is 2.00 bits per heavy atom. The van der Waals surface area contributed by atoms with Gasteiger partial charge in [0, 0.05) is 43.3 Å². The molecule has 1 aliphatic heterocycles. The van der Waals surface area contributed by atoms with E-state index in [2.05, 4.69) is 16.8 Å². The molecule has 0 radical (unpaired) electrons. The Hall–Kier alpha value is -3.57. The number of likely N-dealkylation sites (N-methyl/N-ethyl adjacent to an activating group) is 1. The van der Waals surface area contributed by atoms with Crippen molar-refractivity contribution in [1.29, 1.82) is 0 Å². The highest BCUT2D eigenvalue weighted by Crippen LogP contribution is 2.27. The molecule has 1 aromatic heterocycles. The zero-order chi connectivity index (χ0) is 25.5. The van der Waals surface area contributed by atoms with Crippen LogP contribution in [0, 0.1) is 17.8 Å². The fraction of sp³-hybridized carbons (Fsp3) is 0.444. The molecular formula is C27H33N3O5. The van der Waals surface area contributed by atoms with E-state index in [-0.39, 0.29) is 47.9 Å². The Morgan fingerprint density at radius 1 is 1.31 bits per heavy atom. The Balaban J connectivity index is 1.97. The summed E-state index contributed by atoms with van der Waals surface area (Å²) in [5.74, 6) is 6.72. The summed E-state index contributed by atoms with van der Waals surface area (Å²) in [7, 11) is 3.35. The van der Waals surface area contributed by atoms with E-state index in [1.807, 2.05) is 38.1 Å². The van der Waals surface area contributed by atoms with Crippen molar-refractivity contribution in [3.8, 4) is 23.5 Å². The smallest absolute Gasteiger partial charge is 0.259 e. The number of fused-ring (bicyclic) bond motifs is 1. The van der Waals surface area contributed by atoms with Crippen molar-refractivity contribution < 1.29 is 24.2 Å². The van der Waals surface area contributed by atoms with E-state index in [0.717, 1.165) is 11.3 Å². The summed E-state index contributed by atoms with van der Waals surface area (Å²) in [6.07, 6.45) is 1.60. The highest BCUT2D eigenvalue weighted by molar-refractivity contribution is 5.97. The molecule has 2 aromatic rings. The molecule has 0 saturated heterocycles. The Labute approximate surface area is 206 Å². The minimum atomic E-state index is -0.388. The fourth-order valence-corrected chi connectivity index (χ4v) is 3.85. The van der Waals surface area contributed by atoms with Gasteiger partial charge in [-0.1, -0.05) is 25.7 Å². The summed E-state index contributed by atoms with van der Waals surface area (Å²) in [5, 5.41) is 9.79. The van der Waals surface area contributed by atoms with Gasteiger partial charge in [-0.2, -0.15) is 0 Å². The van der Waals surface area contributed by atoms with Crippen LogP contribution in [0.15, 0.2) is 36.5 Å². The van der Waals surface area contributed by atoms with Crippen LogP contribution in [0.2, 0.25) is 0 Å². The van der Waals surface area contributed by atoms with Gasteiger partial charge < -0.3 is 24.4 Å². The highest BCUT2D eigenvalue weighted by Gasteiger charge is 2.34. The summed E-state index contributed by atoms with van der Waals surface area (Å²) in [6.45, 7) is 6.16. The number of nitrogens with zero attached hydrogens (tertiary/aromatic N) is 3. The molecular weight excluding hydrogens is 446 g/mol. The van der Waals surface area contributed by atoms with Crippen molar-refractivity contribution in [2.24, 2.45) is 5.92 Å². The van der Waals surface area contributed by atoms with Crippen LogP contribution in [-0.4, -0.2) is 77.7 Å². The number of methoxy groups -OCH3 is 1. The van der Waals surface area contributed by atoms with Gasteiger partial charge in [0.15, 0.2) is 0 Å². The number of aliphatic hydroxyl groups is 1. The minimum Gasteiger partial charge on any atom is -0.497 e. The van der Waals surface area contributed by atoms with Crippen LogP contribution in [0.5, 0.6) is 11.6 Å². The molecule has 1 N–H and O–H groups in total. The lowest BCUT2D eigenvalue weighted by molar-refractivity contribution is -0.131. The second-order valence-electron chi connectivity index (χ2n) is 8.81. The number of hydrogen-bond donors (Lipinski definition) is 1. The first-order valence-electron chi connectivity index (χ1n) is 11.8. The van der Waals surface area contributed by atoms with Crippen LogP contribution < -0.4 is 9.47 Å². The van der Waals surface area contributed by atoms with Crippen molar-refractivity contribution in [2.45, 2.75) is 39.3 Å². The molecule has 0 saturated carbocycles. The molecule has 3 rings (SSSR count). The zero-order valence-electron chi connectivity index (χ0n) is 20.9. The van der Waals surface area contributed by atoms with Crippen molar-refractivity contribution >= 4 is 11.8 Å². The molecule has 186 valence electrons. The zero-order valence-corrected chi connectivity index (χ0v) is 20.9. The van der Waals surface area contributed by atoms with Gasteiger partial charge in [-0.25, -0.2) is 4.98 Å². The lowest BCUT2D eigenvalue weighted by atomic mass is 9.99. The maximum absolute atomic E-state index is 13.5. The molecule has 1 aromatic carbocycles. The third-order valence-electron chi connectivity index (χ3n) is 6.14. The quantitative estimate of drug-likeness (QED) is 0.641. The van der Waals surface area contributed by atoms with Crippen LogP contribution >= 0.6 is 0 Å². The van der Waals surface area contributed by atoms with E-state index in [1.165, 1.54) is 0 Å². The van der Waals surface area contributed by atoms with Crippen LogP contribution in [0.3, 0.4) is 0 Å². The van der Waals surface area contributed by atoms with Gasteiger partial charge in [0.2, 0.25) is 11.8 Å². The summed E-state index contributed by atoms with van der Waals surface area (Å²) >= 11 is 0. The van der Waals surface area contributed by atoms with Crippen LogP contribution in [0.25, 0.3) is 0 Å². The maximum Gasteiger partial charge on any atom is 0.259 e. The monoisotopic (exact) mass is 479 g/mol. The van der Waals surface area contributed by atoms with Crippen molar-refractivity contribution in [1.82, 2.24) is 14.8 Å². The molecule has 0 spiro atoms. The number of amides is 2. The van der Waals surface area contributed by atoms with Crippen LogP contribution in [0.1, 0.15) is 48.7 Å². The van der Waals surface area contributed by atoms with Gasteiger partial charge >= 0.3 is 0 Å². The van der Waals surface area contributed by atoms with E-state index in [1.54, 1.807) is 43.1 Å². The lowest BCUT2D eigenvalue weighted by Gasteiger charge is -2.37. The molecule has 8 heteroatoms. The van der Waals surface area contributed by atoms with Crippen molar-refractivity contribution in [2.75, 3.05) is 33.9 Å². The molecule has 8 nitrogen and oxygen atoms in total. The van der Waals surface area contributed by atoms with Gasteiger partial charge in [0.25, 0.3) is 5.91 Å². The second kappa shape index (κ2) is 11.7. The standard InChI is InChI=1S/C27H33N3O5/c1-6-25(32)29(4)16-24-18(2)15-30(19(3)17-31)27(33)23-13-21(14-28-26(23)35-24)8-7-20-9-11-22(34-5)12-10-20/h9-14,18-19,24,31H,6,15-17H2,1-5H3/t18-,19-,24-/m1/s1. The van der Waals surface area contributed by atoms with E-state index in [9.17, 15) is 14.7 Å². The Kier molecular flexibility index (Phi) is 8.72. The fourth-order valence-electron chi connectivity index (χ4n) is 3.85. The maximum atomic E-state index is 13.5. The summed E-state index contributed by atoms with van der Waals surface area (Å²) in [6, 6.07) is 8.65.